The highest BCUT2D eigenvalue weighted by Gasteiger charge is 2.29. The molecule has 222 valence electrons. The molecule has 0 aliphatic rings. The lowest BCUT2D eigenvalue weighted by Crippen LogP contribution is -2.44. The van der Waals surface area contributed by atoms with E-state index in [-0.39, 0.29) is 13.2 Å². The van der Waals surface area contributed by atoms with Crippen LogP contribution in [-0.2, 0) is 33.9 Å². The molecular weight excluding hydrogens is 562 g/mol. The Morgan fingerprint density at radius 1 is 0.902 bits per heavy atom. The fraction of sp³-hybridized carbons (Fsp3) is 0.433. The molecule has 0 aliphatic carbocycles. The fourth-order valence-electron chi connectivity index (χ4n) is 4.12. The number of hydrogen-bond donors (Lipinski definition) is 2. The van der Waals surface area contributed by atoms with Gasteiger partial charge in [0.15, 0.2) is 0 Å². The molecule has 1 aromatic carbocycles. The molecule has 41 heavy (non-hydrogen) atoms. The number of carbonyl (C=O) groups excluding carboxylic acids is 2. The maximum absolute atomic E-state index is 13.2. The van der Waals surface area contributed by atoms with Gasteiger partial charge in [-0.1, -0.05) is 42.5 Å². The van der Waals surface area contributed by atoms with Crippen LogP contribution in [0.15, 0.2) is 65.4 Å². The lowest BCUT2D eigenvalue weighted by Gasteiger charge is -2.28. The van der Waals surface area contributed by atoms with E-state index in [1.165, 1.54) is 4.90 Å². The molecule has 2 atom stereocenters. The summed E-state index contributed by atoms with van der Waals surface area (Å²) in [5, 5.41) is 13.6. The molecule has 3 aromatic rings. The summed E-state index contributed by atoms with van der Waals surface area (Å²) in [6.45, 7) is 6.14. The van der Waals surface area contributed by atoms with Crippen molar-refractivity contribution in [3.8, 4) is 0 Å². The van der Waals surface area contributed by atoms with E-state index >= 15 is 0 Å². The molecule has 0 spiro atoms. The van der Waals surface area contributed by atoms with Crippen LogP contribution in [0.3, 0.4) is 0 Å². The van der Waals surface area contributed by atoms with Crippen LogP contribution in [0.5, 0.6) is 0 Å². The molecule has 2 aromatic heterocycles. The third-order valence-corrected chi connectivity index (χ3v) is 7.88. The third kappa shape index (κ3) is 11.2. The van der Waals surface area contributed by atoms with Gasteiger partial charge in [0.2, 0.25) is 0 Å². The number of nitrogens with zero attached hydrogens (tertiary/aromatic N) is 2. The van der Waals surface area contributed by atoms with Crippen LogP contribution in [0.4, 0.5) is 9.59 Å². The molecule has 0 fully saturated rings. The Balaban J connectivity index is 1.62. The van der Waals surface area contributed by atoms with Crippen molar-refractivity contribution in [2.24, 2.45) is 11.7 Å². The number of esters is 1. The number of ether oxygens (including phenoxy) is 2. The zero-order valence-electron chi connectivity index (χ0n) is 23.7. The van der Waals surface area contributed by atoms with E-state index in [9.17, 15) is 19.5 Å². The molecule has 11 heteroatoms. The number of amides is 2. The predicted octanol–water partition coefficient (Wildman–Crippen LogP) is 6.54. The molecule has 3 rings (SSSR count). The van der Waals surface area contributed by atoms with Crippen LogP contribution in [-0.4, -0.2) is 51.4 Å². The average Bonchev–Trinajstić information content (AvgIpc) is 3.62. The van der Waals surface area contributed by atoms with Crippen LogP contribution in [0.1, 0.15) is 55.4 Å². The Kier molecular flexibility index (Phi) is 12.2. The Bertz CT molecular complexity index is 1180. The van der Waals surface area contributed by atoms with Gasteiger partial charge in [-0.3, -0.25) is 14.6 Å². The highest BCUT2D eigenvalue weighted by Crippen LogP contribution is 2.21. The van der Waals surface area contributed by atoms with E-state index in [4.69, 9.17) is 15.2 Å². The molecule has 3 N–H and O–H groups in total. The van der Waals surface area contributed by atoms with Crippen molar-refractivity contribution in [3.05, 3.63) is 80.7 Å². The van der Waals surface area contributed by atoms with Gasteiger partial charge in [-0.05, 0) is 68.5 Å². The van der Waals surface area contributed by atoms with Gasteiger partial charge < -0.3 is 20.3 Å². The van der Waals surface area contributed by atoms with E-state index in [2.05, 4.69) is 0 Å². The maximum atomic E-state index is 13.2. The molecule has 0 radical (unpaired) electrons. The number of hydrogen-bond acceptors (Lipinski definition) is 8. The largest absolute Gasteiger partial charge is 0.465 e. The molecule has 9 nitrogen and oxygen atoms in total. The normalized spacial score (nSPS) is 12.8. The molecule has 0 bridgehead atoms. The van der Waals surface area contributed by atoms with Gasteiger partial charge in [-0.25, -0.2) is 9.59 Å². The Morgan fingerprint density at radius 3 is 2.02 bits per heavy atom. The summed E-state index contributed by atoms with van der Waals surface area (Å²) in [7, 11) is 0. The quantitative estimate of drug-likeness (QED) is 0.159. The minimum absolute atomic E-state index is 0.152. The first kappa shape index (κ1) is 32.1. The summed E-state index contributed by atoms with van der Waals surface area (Å²) in [6, 6.07) is 17.0. The standard InChI is InChI=1S/C30H39N3O6S2/c1-30(2,3)39-27(34)23(12-7-15-26(31)33(28(35)36)18-22-10-5-4-6-11-22)21-38-29(37)32(19-24-13-8-16-40-24)20-25-14-9-17-41-25/h4-6,8-11,13-14,16-17,23,26H,7,12,15,18-21,31H2,1-3H3,(H,35,36)/t23-,26?/m0/s1. The first-order valence-corrected chi connectivity index (χ1v) is 15.3. The topological polar surface area (TPSA) is 122 Å². The second-order valence-corrected chi connectivity index (χ2v) is 12.8. The van der Waals surface area contributed by atoms with Gasteiger partial charge in [0.1, 0.15) is 12.2 Å². The smallest absolute Gasteiger partial charge is 0.410 e. The predicted molar refractivity (Wildman–Crippen MR) is 160 cm³/mol. The summed E-state index contributed by atoms with van der Waals surface area (Å²) >= 11 is 3.12. The number of carbonyl (C=O) groups is 3. The van der Waals surface area contributed by atoms with Crippen molar-refractivity contribution in [1.82, 2.24) is 9.80 Å². The van der Waals surface area contributed by atoms with Crippen molar-refractivity contribution in [2.75, 3.05) is 6.61 Å². The molecule has 2 amide bonds. The minimum atomic E-state index is -1.12. The second kappa shape index (κ2) is 15.6. The van der Waals surface area contributed by atoms with E-state index < -0.39 is 35.8 Å². The van der Waals surface area contributed by atoms with Gasteiger partial charge in [0, 0.05) is 9.75 Å². The van der Waals surface area contributed by atoms with Gasteiger partial charge in [-0.15, -0.1) is 22.7 Å². The van der Waals surface area contributed by atoms with E-state index in [1.807, 2.05) is 65.4 Å². The van der Waals surface area contributed by atoms with Crippen molar-refractivity contribution in [1.29, 1.82) is 0 Å². The summed E-state index contributed by atoms with van der Waals surface area (Å²) < 4.78 is 11.3. The molecular formula is C30H39N3O6S2. The number of thiophene rings is 2. The molecule has 2 heterocycles. The Hall–Kier alpha value is -3.41. The van der Waals surface area contributed by atoms with Gasteiger partial charge >= 0.3 is 18.2 Å². The first-order valence-electron chi connectivity index (χ1n) is 13.5. The Morgan fingerprint density at radius 2 is 1.51 bits per heavy atom. The first-order chi connectivity index (χ1) is 19.5. The lowest BCUT2D eigenvalue weighted by atomic mass is 10.0. The third-order valence-electron chi connectivity index (χ3n) is 6.15. The molecule has 0 saturated carbocycles. The van der Waals surface area contributed by atoms with Crippen LogP contribution in [0.25, 0.3) is 0 Å². The Labute approximate surface area is 249 Å². The number of benzene rings is 1. The zero-order chi connectivity index (χ0) is 29.8. The number of carboxylic acid groups (broad SMARTS) is 1. The van der Waals surface area contributed by atoms with Crippen LogP contribution in [0.2, 0.25) is 0 Å². The zero-order valence-corrected chi connectivity index (χ0v) is 25.4. The summed E-state index contributed by atoms with van der Waals surface area (Å²) in [4.78, 5) is 43.0. The van der Waals surface area contributed by atoms with Crippen molar-refractivity contribution < 1.29 is 29.0 Å². The summed E-state index contributed by atoms with van der Waals surface area (Å²) in [6.07, 6.45) is -1.30. The maximum Gasteiger partial charge on any atom is 0.410 e. The molecule has 1 unspecified atom stereocenters. The molecule has 0 aliphatic heterocycles. The van der Waals surface area contributed by atoms with E-state index in [0.29, 0.717) is 32.4 Å². The highest BCUT2D eigenvalue weighted by molar-refractivity contribution is 7.10. The van der Waals surface area contributed by atoms with Crippen molar-refractivity contribution in [3.63, 3.8) is 0 Å². The molecule has 0 saturated heterocycles. The second-order valence-electron chi connectivity index (χ2n) is 10.7. The lowest BCUT2D eigenvalue weighted by molar-refractivity contribution is -0.161. The van der Waals surface area contributed by atoms with Gasteiger partial charge in [0.25, 0.3) is 0 Å². The van der Waals surface area contributed by atoms with Gasteiger partial charge in [-0.2, -0.15) is 0 Å². The summed E-state index contributed by atoms with van der Waals surface area (Å²) in [5.74, 6) is -1.19. The summed E-state index contributed by atoms with van der Waals surface area (Å²) in [5.41, 5.74) is 6.38. The van der Waals surface area contributed by atoms with Crippen molar-refractivity contribution in [2.45, 2.75) is 71.4 Å². The minimum Gasteiger partial charge on any atom is -0.465 e. The number of rotatable bonds is 14. The van der Waals surface area contributed by atoms with Crippen molar-refractivity contribution >= 4 is 40.8 Å². The monoisotopic (exact) mass is 601 g/mol. The van der Waals surface area contributed by atoms with Crippen LogP contribution < -0.4 is 5.73 Å². The highest BCUT2D eigenvalue weighted by atomic mass is 32.1. The average molecular weight is 602 g/mol. The SMILES string of the molecule is CC(C)(C)OC(=O)[C@@H](CCCC(N)N(Cc1ccccc1)C(=O)O)COC(=O)N(Cc1cccs1)Cc1cccs1. The van der Waals surface area contributed by atoms with E-state index in [0.717, 1.165) is 15.3 Å². The van der Waals surface area contributed by atoms with Gasteiger partial charge in [0.05, 0.1) is 31.7 Å². The number of nitrogens with two attached hydrogens (primary N) is 1. The fourth-order valence-corrected chi connectivity index (χ4v) is 5.56. The van der Waals surface area contributed by atoms with E-state index in [1.54, 1.807) is 48.3 Å². The van der Waals surface area contributed by atoms with Crippen LogP contribution >= 0.6 is 22.7 Å². The van der Waals surface area contributed by atoms with Crippen LogP contribution in [0, 0.1) is 5.92 Å².